The largest absolute Gasteiger partial charge is 0.295 e. The zero-order valence-electron chi connectivity index (χ0n) is 36.0. The highest BCUT2D eigenvalue weighted by Crippen LogP contribution is 2.34. The molecule has 0 unspecified atom stereocenters. The molecule has 0 spiro atoms. The van der Waals surface area contributed by atoms with Crippen LogP contribution in [0, 0.1) is 0 Å². The van der Waals surface area contributed by atoms with Crippen molar-refractivity contribution in [2.24, 2.45) is 0 Å². The van der Waals surface area contributed by atoms with Crippen LogP contribution in [0.4, 0.5) is 0 Å². The highest BCUT2D eigenvalue weighted by atomic mass is 32.2. The van der Waals surface area contributed by atoms with E-state index in [1.54, 1.807) is 24.3 Å². The quantitative estimate of drug-likeness (QED) is 0.0751. The summed E-state index contributed by atoms with van der Waals surface area (Å²) in [5, 5.41) is 17.0. The molecule has 0 aliphatic heterocycles. The van der Waals surface area contributed by atoms with Gasteiger partial charge >= 0.3 is 0 Å². The average molecular weight is 1100 g/mol. The monoisotopic (exact) mass is 1090 g/mol. The summed E-state index contributed by atoms with van der Waals surface area (Å²) in [6, 6.07) is 22.8. The van der Waals surface area contributed by atoms with Gasteiger partial charge in [-0.1, -0.05) is 72.8 Å². The third-order valence-electron chi connectivity index (χ3n) is 11.0. The predicted octanol–water partition coefficient (Wildman–Crippen LogP) is 5.44. The smallest absolute Gasteiger partial charge is 0.282 e. The topological polar surface area (TPSA) is 367 Å². The van der Waals surface area contributed by atoms with E-state index in [1.165, 1.54) is 72.8 Å². The van der Waals surface area contributed by atoms with E-state index in [-0.39, 0.29) is 66.1 Å². The van der Waals surface area contributed by atoms with E-state index in [0.717, 1.165) is 46.2 Å². The molecule has 5 N–H and O–H groups in total. The van der Waals surface area contributed by atoms with E-state index >= 15 is 0 Å². The van der Waals surface area contributed by atoms with Crippen molar-refractivity contribution in [1.29, 1.82) is 0 Å². The Bertz CT molecular complexity index is 4320. The molecule has 2 heterocycles. The van der Waals surface area contributed by atoms with Gasteiger partial charge in [-0.15, -0.1) is 20.4 Å². The van der Waals surface area contributed by atoms with Gasteiger partial charge in [0.15, 0.2) is 9.84 Å². The normalized spacial score (nSPS) is 13.4. The van der Waals surface area contributed by atoms with Crippen LogP contribution in [0.1, 0.15) is 22.3 Å². The number of aromatic nitrogens is 6. The molecule has 9 aromatic rings. The maximum atomic E-state index is 12.6. The molecule has 72 heavy (non-hydrogen) atoms. The standard InChI is InChI=1S/C43H30N6O17S6/c1-67(50,51)40-22-30(68(52,53)54)20-34-32(40)14-16-36-42(34)46-48(44-36)28-12-10-26(38(18-28)70(58,59)60)8-6-24-2-4-25(5-3-24)7-9-27-11-13-29(19-39(27)71(61,62)63)49-45-37-17-15-33-35(43(37)47-49)21-31(69(55,56)57)23-41(33)72(64,65)66/h2-23H,1H3,(H,52,53,54)(H,55,56,57)(H,58,59,60)(H,61,62,63)(H,64,65,66)/b8-6+,9-7+. The van der Waals surface area contributed by atoms with Crippen LogP contribution in [-0.2, 0) is 60.4 Å². The molecule has 370 valence electrons. The molecule has 0 aliphatic carbocycles. The zero-order chi connectivity index (χ0) is 52.1. The van der Waals surface area contributed by atoms with Gasteiger partial charge in [-0.05, 0) is 82.9 Å². The molecule has 29 heteroatoms. The van der Waals surface area contributed by atoms with Crippen molar-refractivity contribution < 1.29 is 73.3 Å². The Morgan fingerprint density at radius 2 is 0.750 bits per heavy atom. The molecule has 0 fully saturated rings. The van der Waals surface area contributed by atoms with Crippen LogP contribution in [0.15, 0.2) is 139 Å². The lowest BCUT2D eigenvalue weighted by molar-refractivity contribution is 0.478. The fourth-order valence-electron chi connectivity index (χ4n) is 7.66. The summed E-state index contributed by atoms with van der Waals surface area (Å²) in [5.41, 5.74) is 1.26. The van der Waals surface area contributed by atoms with Crippen LogP contribution in [-0.4, -0.2) is 110 Å². The maximum absolute atomic E-state index is 12.6. The third kappa shape index (κ3) is 9.77. The molecule has 0 amide bonds. The first-order chi connectivity index (χ1) is 33.4. The first-order valence-electron chi connectivity index (χ1n) is 19.9. The number of rotatable bonds is 12. The number of sulfone groups is 1. The van der Waals surface area contributed by atoms with E-state index in [4.69, 9.17) is 0 Å². The highest BCUT2D eigenvalue weighted by molar-refractivity contribution is 7.91. The lowest BCUT2D eigenvalue weighted by atomic mass is 10.1. The lowest BCUT2D eigenvalue weighted by Crippen LogP contribution is -2.05. The van der Waals surface area contributed by atoms with Gasteiger partial charge in [0.25, 0.3) is 50.6 Å². The summed E-state index contributed by atoms with van der Waals surface area (Å²) >= 11 is 0. The zero-order valence-corrected chi connectivity index (χ0v) is 40.9. The lowest BCUT2D eigenvalue weighted by Gasteiger charge is -2.08. The third-order valence-corrected chi connectivity index (χ3v) is 16.5. The molecule has 0 saturated heterocycles. The van der Waals surface area contributed by atoms with E-state index < -0.39 is 89.8 Å². The van der Waals surface area contributed by atoms with Gasteiger partial charge in [-0.25, -0.2) is 8.42 Å². The first-order valence-corrected chi connectivity index (χ1v) is 29.0. The fraction of sp³-hybridized carbons (Fsp3) is 0.0233. The van der Waals surface area contributed by atoms with E-state index in [1.807, 2.05) is 0 Å². The molecule has 0 atom stereocenters. The van der Waals surface area contributed by atoms with Crippen LogP contribution >= 0.6 is 0 Å². The molecule has 0 aliphatic rings. The van der Waals surface area contributed by atoms with Crippen molar-refractivity contribution in [2.75, 3.05) is 6.26 Å². The molecule has 2 aromatic heterocycles. The first kappa shape index (κ1) is 49.8. The number of fused-ring (bicyclic) bond motifs is 6. The second-order valence-corrected chi connectivity index (χ2v) is 24.8. The molecule has 0 radical (unpaired) electrons. The average Bonchev–Trinajstić information content (AvgIpc) is 3.94. The molecular weight excluding hydrogens is 1060 g/mol. The minimum Gasteiger partial charge on any atom is -0.282 e. The van der Waals surface area contributed by atoms with Crippen LogP contribution in [0.25, 0.3) is 79.3 Å². The SMILES string of the molecule is CS(=O)(=O)c1cc(S(=O)(=O)O)cc2c1ccc1nn(-c3ccc(/C=C/c4ccc(/C=C/c5ccc(-n6nc7ccc8c(S(=O)(=O)O)cc(S(=O)(=O)O)cc8c7n6)cc5S(=O)(=O)O)cc4)c(S(=O)(=O)O)c3)nc12. The highest BCUT2D eigenvalue weighted by Gasteiger charge is 2.25. The Kier molecular flexibility index (Phi) is 11.9. The van der Waals surface area contributed by atoms with Crippen LogP contribution < -0.4 is 0 Å². The van der Waals surface area contributed by atoms with E-state index in [0.29, 0.717) is 17.2 Å². The minimum absolute atomic E-state index is 0.00560. The Morgan fingerprint density at radius 1 is 0.375 bits per heavy atom. The van der Waals surface area contributed by atoms with Gasteiger partial charge in [0.05, 0.1) is 26.1 Å². The van der Waals surface area contributed by atoms with Crippen molar-refractivity contribution >= 4 is 128 Å². The Hall–Kier alpha value is -7.16. The minimum atomic E-state index is -5.01. The summed E-state index contributed by atoms with van der Waals surface area (Å²) < 4.78 is 198. The van der Waals surface area contributed by atoms with Gasteiger partial charge < -0.3 is 0 Å². The fourth-order valence-corrected chi connectivity index (χ4v) is 11.9. The molecule has 23 nitrogen and oxygen atoms in total. The molecule has 0 bridgehead atoms. The Balaban J connectivity index is 0.986. The van der Waals surface area contributed by atoms with Crippen LogP contribution in [0.5, 0.6) is 0 Å². The van der Waals surface area contributed by atoms with Gasteiger partial charge in [-0.3, -0.25) is 22.8 Å². The van der Waals surface area contributed by atoms with Gasteiger partial charge in [0, 0.05) is 27.8 Å². The molecule has 0 saturated carbocycles. The van der Waals surface area contributed by atoms with Crippen molar-refractivity contribution in [3.63, 3.8) is 0 Å². The second kappa shape index (κ2) is 17.3. The van der Waals surface area contributed by atoms with E-state index in [9.17, 15) is 73.3 Å². The molecule has 7 aromatic carbocycles. The summed E-state index contributed by atoms with van der Waals surface area (Å²) in [7, 11) is -28.7. The molecule has 9 rings (SSSR count). The van der Waals surface area contributed by atoms with E-state index in [2.05, 4.69) is 20.4 Å². The van der Waals surface area contributed by atoms with Gasteiger partial charge in [-0.2, -0.15) is 51.7 Å². The van der Waals surface area contributed by atoms with Crippen molar-refractivity contribution in [3.8, 4) is 11.4 Å². The summed E-state index contributed by atoms with van der Waals surface area (Å²) in [6.45, 7) is 0. The van der Waals surface area contributed by atoms with Gasteiger partial charge in [0.2, 0.25) is 0 Å². The number of benzene rings is 7. The van der Waals surface area contributed by atoms with Gasteiger partial charge in [0.1, 0.15) is 36.8 Å². The van der Waals surface area contributed by atoms with Crippen LogP contribution in [0.2, 0.25) is 0 Å². The Morgan fingerprint density at radius 3 is 1.11 bits per heavy atom. The summed E-state index contributed by atoms with van der Waals surface area (Å²) in [6.07, 6.45) is 6.69. The molecular formula is C43H30N6O17S6. The van der Waals surface area contributed by atoms with Crippen molar-refractivity contribution in [1.82, 2.24) is 30.0 Å². The summed E-state index contributed by atoms with van der Waals surface area (Å²) in [4.78, 5) is -2.01. The number of nitrogens with zero attached hydrogens (tertiary/aromatic N) is 6. The number of hydrogen-bond donors (Lipinski definition) is 5. The van der Waals surface area contributed by atoms with Crippen molar-refractivity contribution in [2.45, 2.75) is 29.4 Å². The number of hydrogen-bond acceptors (Lipinski definition) is 16. The predicted molar refractivity (Wildman–Crippen MR) is 259 cm³/mol. The van der Waals surface area contributed by atoms with Crippen LogP contribution in [0.3, 0.4) is 0 Å². The maximum Gasteiger partial charge on any atom is 0.295 e. The van der Waals surface area contributed by atoms with Crippen molar-refractivity contribution in [3.05, 3.63) is 131 Å². The Labute approximate surface area is 407 Å². The second-order valence-electron chi connectivity index (χ2n) is 15.8. The summed E-state index contributed by atoms with van der Waals surface area (Å²) in [5.74, 6) is 0.